The summed E-state index contributed by atoms with van der Waals surface area (Å²) in [4.78, 5) is 42.6. The van der Waals surface area contributed by atoms with E-state index in [1.807, 2.05) is 24.3 Å². The first-order valence-electron chi connectivity index (χ1n) is 12.8. The molecule has 1 aliphatic rings. The number of nitro benzene ring substituents is 1. The van der Waals surface area contributed by atoms with Crippen LogP contribution in [-0.2, 0) is 9.53 Å². The molecule has 0 saturated carbocycles. The normalized spacial score (nSPS) is 15.2. The van der Waals surface area contributed by atoms with E-state index in [1.54, 1.807) is 44.2 Å². The molecule has 4 aromatic rings. The van der Waals surface area contributed by atoms with Crippen LogP contribution in [0.15, 0.2) is 86.1 Å². The van der Waals surface area contributed by atoms with Crippen LogP contribution < -0.4 is 14.9 Å². The average Bonchev–Trinajstić information content (AvgIpc) is 3.52. The van der Waals surface area contributed by atoms with Gasteiger partial charge in [-0.05, 0) is 43.0 Å². The topological polar surface area (TPSA) is 117 Å². The number of nitrogens with zero attached hydrogens (tertiary/aromatic N) is 3. The lowest BCUT2D eigenvalue weighted by Crippen LogP contribution is -2.39. The molecule has 0 amide bonds. The molecule has 0 spiro atoms. The number of fused-ring (bicyclic) bond motifs is 1. The number of ether oxygens (including phenoxy) is 1. The van der Waals surface area contributed by atoms with E-state index in [1.165, 1.54) is 28.0 Å². The lowest BCUT2D eigenvalue weighted by Gasteiger charge is -2.25. The number of hydrogen-bond donors (Lipinski definition) is 0. The molecule has 0 N–H and O–H groups in total. The third-order valence-electron chi connectivity index (χ3n) is 6.68. The quantitative estimate of drug-likeness (QED) is 0.178. The second-order valence-corrected chi connectivity index (χ2v) is 10.6. The van der Waals surface area contributed by atoms with Crippen LogP contribution in [0.3, 0.4) is 0 Å². The van der Waals surface area contributed by atoms with Crippen LogP contribution in [0.4, 0.5) is 5.69 Å². The highest BCUT2D eigenvalue weighted by Gasteiger charge is 2.33. The van der Waals surface area contributed by atoms with Crippen LogP contribution in [0.1, 0.15) is 56.5 Å². The van der Waals surface area contributed by atoms with Crippen LogP contribution in [0.5, 0.6) is 0 Å². The molecule has 3 heterocycles. The van der Waals surface area contributed by atoms with Gasteiger partial charge in [-0.3, -0.25) is 19.5 Å². The standard InChI is InChI=1S/C30H27N3O6S/c1-5-38-29(35)26-18(4)31-30-32(27(26)20-11-9-19(10-12-20)17(2)3)28(34)25(40-30)16-23-13-14-24(39-23)21-7-6-8-22(15-21)33(36)37/h6-17,27H,5H2,1-4H3/b25-16-. The summed E-state index contributed by atoms with van der Waals surface area (Å²) in [6.07, 6.45) is 1.62. The number of carbonyl (C=O) groups is 1. The zero-order valence-electron chi connectivity index (χ0n) is 22.4. The predicted octanol–water partition coefficient (Wildman–Crippen LogP) is 5.09. The minimum Gasteiger partial charge on any atom is -0.463 e. The molecular weight excluding hydrogens is 530 g/mol. The van der Waals surface area contributed by atoms with Crippen LogP contribution in [0, 0.1) is 10.1 Å². The highest BCUT2D eigenvalue weighted by atomic mass is 32.1. The first kappa shape index (κ1) is 27.0. The van der Waals surface area contributed by atoms with Crippen molar-refractivity contribution in [2.24, 2.45) is 4.99 Å². The Morgan fingerprint density at radius 3 is 2.62 bits per heavy atom. The van der Waals surface area contributed by atoms with Gasteiger partial charge in [0, 0.05) is 23.8 Å². The van der Waals surface area contributed by atoms with Gasteiger partial charge >= 0.3 is 5.97 Å². The number of hydrogen-bond acceptors (Lipinski definition) is 8. The number of thiazole rings is 1. The van der Waals surface area contributed by atoms with Crippen LogP contribution in [-0.4, -0.2) is 22.1 Å². The summed E-state index contributed by atoms with van der Waals surface area (Å²) < 4.78 is 13.2. The van der Waals surface area contributed by atoms with Gasteiger partial charge in [0.15, 0.2) is 4.80 Å². The maximum absolute atomic E-state index is 13.8. The Morgan fingerprint density at radius 2 is 1.95 bits per heavy atom. The van der Waals surface area contributed by atoms with Gasteiger partial charge in [-0.25, -0.2) is 9.79 Å². The highest BCUT2D eigenvalue weighted by Crippen LogP contribution is 2.32. The smallest absolute Gasteiger partial charge is 0.338 e. The molecule has 1 aliphatic heterocycles. The third kappa shape index (κ3) is 5.05. The van der Waals surface area contributed by atoms with Gasteiger partial charge in [0.25, 0.3) is 11.2 Å². The predicted molar refractivity (Wildman–Crippen MR) is 152 cm³/mol. The minimum atomic E-state index is -0.698. The number of allylic oxidation sites excluding steroid dienone is 1. The lowest BCUT2D eigenvalue weighted by molar-refractivity contribution is -0.384. The fraction of sp³-hybridized carbons (Fsp3) is 0.233. The Kier molecular flexibility index (Phi) is 7.36. The number of esters is 1. The van der Waals surface area contributed by atoms with Crippen LogP contribution in [0.25, 0.3) is 17.4 Å². The summed E-state index contributed by atoms with van der Waals surface area (Å²) in [6.45, 7) is 7.89. The summed E-state index contributed by atoms with van der Waals surface area (Å²) in [6, 6.07) is 16.7. The Bertz CT molecular complexity index is 1830. The van der Waals surface area contributed by atoms with Crippen molar-refractivity contribution >= 4 is 29.1 Å². The van der Waals surface area contributed by atoms with E-state index in [-0.39, 0.29) is 17.9 Å². The first-order valence-corrected chi connectivity index (χ1v) is 13.6. The van der Waals surface area contributed by atoms with Gasteiger partial charge < -0.3 is 9.15 Å². The van der Waals surface area contributed by atoms with Crippen molar-refractivity contribution in [1.82, 2.24) is 4.57 Å². The van der Waals surface area contributed by atoms with E-state index in [0.29, 0.717) is 43.6 Å². The van der Waals surface area contributed by atoms with E-state index in [9.17, 15) is 19.7 Å². The molecule has 0 fully saturated rings. The van der Waals surface area contributed by atoms with E-state index in [2.05, 4.69) is 18.8 Å². The summed E-state index contributed by atoms with van der Waals surface area (Å²) in [5, 5.41) is 11.2. The van der Waals surface area contributed by atoms with Gasteiger partial charge in [0.1, 0.15) is 11.5 Å². The van der Waals surface area contributed by atoms with Crippen molar-refractivity contribution in [3.05, 3.63) is 119 Å². The Hall–Kier alpha value is -4.57. The van der Waals surface area contributed by atoms with Gasteiger partial charge in [-0.2, -0.15) is 0 Å². The van der Waals surface area contributed by atoms with Gasteiger partial charge in [0.05, 0.1) is 33.4 Å². The maximum atomic E-state index is 13.8. The van der Waals surface area contributed by atoms with E-state index >= 15 is 0 Å². The van der Waals surface area contributed by atoms with E-state index in [0.717, 1.165) is 11.1 Å². The van der Waals surface area contributed by atoms with Gasteiger partial charge in [-0.15, -0.1) is 0 Å². The number of non-ortho nitro benzene ring substituents is 1. The Morgan fingerprint density at radius 1 is 1.20 bits per heavy atom. The number of rotatable bonds is 7. The number of benzene rings is 2. The highest BCUT2D eigenvalue weighted by molar-refractivity contribution is 7.07. The van der Waals surface area contributed by atoms with Crippen LogP contribution in [0.2, 0.25) is 0 Å². The fourth-order valence-electron chi connectivity index (χ4n) is 4.66. The zero-order chi connectivity index (χ0) is 28.6. The number of furan rings is 1. The van der Waals surface area contributed by atoms with Crippen molar-refractivity contribution < 1.29 is 18.9 Å². The molecule has 0 bridgehead atoms. The molecule has 9 nitrogen and oxygen atoms in total. The lowest BCUT2D eigenvalue weighted by atomic mass is 9.93. The van der Waals surface area contributed by atoms with Crippen LogP contribution >= 0.6 is 11.3 Å². The number of carbonyl (C=O) groups excluding carboxylic acids is 1. The molecule has 40 heavy (non-hydrogen) atoms. The molecule has 5 rings (SSSR count). The van der Waals surface area contributed by atoms with E-state index in [4.69, 9.17) is 9.15 Å². The van der Waals surface area contributed by atoms with Crippen molar-refractivity contribution in [3.63, 3.8) is 0 Å². The Balaban J connectivity index is 1.61. The summed E-state index contributed by atoms with van der Waals surface area (Å²) in [5.41, 5.74) is 2.93. The SMILES string of the molecule is CCOC(=O)C1=C(C)N=c2s/c(=C\c3ccc(-c4cccc([N+](=O)[O-])c4)o3)c(=O)n2C1c1ccc(C(C)C)cc1. The molecular formula is C30H27N3O6S. The molecule has 2 aromatic heterocycles. The van der Waals surface area contributed by atoms with Gasteiger partial charge in [-0.1, -0.05) is 61.6 Å². The van der Waals surface area contributed by atoms with Crippen molar-refractivity contribution in [2.45, 2.75) is 39.7 Å². The molecule has 2 aromatic carbocycles. The second kappa shape index (κ2) is 10.9. The average molecular weight is 558 g/mol. The van der Waals surface area contributed by atoms with Crippen molar-refractivity contribution in [2.75, 3.05) is 6.61 Å². The molecule has 1 unspecified atom stereocenters. The minimum absolute atomic E-state index is 0.0436. The second-order valence-electron chi connectivity index (χ2n) is 9.63. The largest absolute Gasteiger partial charge is 0.463 e. The van der Waals surface area contributed by atoms with E-state index < -0.39 is 16.9 Å². The Labute approximate surface area is 233 Å². The number of aromatic nitrogens is 1. The fourth-order valence-corrected chi connectivity index (χ4v) is 5.68. The molecule has 10 heteroatoms. The van der Waals surface area contributed by atoms with Crippen molar-refractivity contribution in [1.29, 1.82) is 0 Å². The summed E-state index contributed by atoms with van der Waals surface area (Å²) in [5.74, 6) is 0.666. The monoisotopic (exact) mass is 557 g/mol. The zero-order valence-corrected chi connectivity index (χ0v) is 23.2. The molecule has 1 atom stereocenters. The summed E-state index contributed by atoms with van der Waals surface area (Å²) in [7, 11) is 0. The number of nitro groups is 1. The first-order chi connectivity index (χ1) is 19.2. The van der Waals surface area contributed by atoms with Crippen molar-refractivity contribution in [3.8, 4) is 11.3 Å². The maximum Gasteiger partial charge on any atom is 0.338 e. The molecule has 204 valence electrons. The van der Waals surface area contributed by atoms with Gasteiger partial charge in [0.2, 0.25) is 0 Å². The molecule has 0 saturated heterocycles. The third-order valence-corrected chi connectivity index (χ3v) is 7.66. The summed E-state index contributed by atoms with van der Waals surface area (Å²) >= 11 is 1.20. The molecule has 0 aliphatic carbocycles. The molecule has 0 radical (unpaired) electrons.